The molecule has 0 radical (unpaired) electrons. The zero-order valence-electron chi connectivity index (χ0n) is 11.1. The number of benzene rings is 1. The first-order chi connectivity index (χ1) is 9.19. The normalized spacial score (nSPS) is 18.6. The molecule has 112 valence electrons. The molecule has 1 saturated heterocycles. The summed E-state index contributed by atoms with van der Waals surface area (Å²) in [7, 11) is 0. The third kappa shape index (κ3) is 4.65. The maximum atomic E-state index is 12.1. The van der Waals surface area contributed by atoms with Crippen LogP contribution >= 0.6 is 12.4 Å². The van der Waals surface area contributed by atoms with Gasteiger partial charge in [0.05, 0.1) is 12.2 Å². The Bertz CT molecular complexity index is 427. The lowest BCUT2D eigenvalue weighted by molar-refractivity contribution is 0.0697. The van der Waals surface area contributed by atoms with Gasteiger partial charge in [0.25, 0.3) is 0 Å². The summed E-state index contributed by atoms with van der Waals surface area (Å²) in [5, 5.41) is 8.80. The Morgan fingerprint density at radius 3 is 2.70 bits per heavy atom. The summed E-state index contributed by atoms with van der Waals surface area (Å²) in [6.07, 6.45) is 1.60. The number of halogens is 2. The molecule has 6 heteroatoms. The third-order valence-corrected chi connectivity index (χ3v) is 3.24. The van der Waals surface area contributed by atoms with Crippen LogP contribution in [0.1, 0.15) is 23.2 Å². The molecule has 20 heavy (non-hydrogen) atoms. The fourth-order valence-electron chi connectivity index (χ4n) is 2.25. The van der Waals surface area contributed by atoms with E-state index >= 15 is 0 Å². The Morgan fingerprint density at radius 1 is 1.40 bits per heavy atom. The van der Waals surface area contributed by atoms with Gasteiger partial charge in [0, 0.05) is 19.6 Å². The van der Waals surface area contributed by atoms with Crippen LogP contribution in [0.5, 0.6) is 5.75 Å². The topological polar surface area (TPSA) is 49.8 Å². The van der Waals surface area contributed by atoms with Crippen LogP contribution in [-0.4, -0.2) is 48.4 Å². The summed E-state index contributed by atoms with van der Waals surface area (Å²) in [4.78, 5) is 12.9. The number of carboxylic acid groups (broad SMARTS) is 1. The molecule has 0 aliphatic carbocycles. The molecule has 1 aliphatic rings. The second-order valence-corrected chi connectivity index (χ2v) is 4.70. The molecule has 0 bridgehead atoms. The molecule has 0 spiro atoms. The lowest BCUT2D eigenvalue weighted by atomic mass is 10.2. The SMILES string of the molecule is Cl.O=C(O)c1ccc(O[C@H]2CCN(CCCF)C2)cc1. The minimum Gasteiger partial charge on any atom is -0.489 e. The predicted molar refractivity (Wildman–Crippen MR) is 76.7 cm³/mol. The molecule has 0 amide bonds. The van der Waals surface area contributed by atoms with E-state index in [4.69, 9.17) is 9.84 Å². The first-order valence-corrected chi connectivity index (χ1v) is 6.47. The van der Waals surface area contributed by atoms with Crippen molar-refractivity contribution in [2.75, 3.05) is 26.3 Å². The van der Waals surface area contributed by atoms with E-state index in [1.54, 1.807) is 12.1 Å². The molecule has 1 aromatic carbocycles. The zero-order valence-corrected chi connectivity index (χ0v) is 11.9. The predicted octanol–water partition coefficient (Wildman–Crippen LogP) is 2.62. The summed E-state index contributed by atoms with van der Waals surface area (Å²) in [5.74, 6) is -0.257. The van der Waals surface area contributed by atoms with E-state index in [-0.39, 0.29) is 30.7 Å². The van der Waals surface area contributed by atoms with E-state index < -0.39 is 5.97 Å². The monoisotopic (exact) mass is 303 g/mol. The van der Waals surface area contributed by atoms with Crippen molar-refractivity contribution >= 4 is 18.4 Å². The molecule has 0 unspecified atom stereocenters. The minimum atomic E-state index is -0.940. The lowest BCUT2D eigenvalue weighted by Crippen LogP contribution is -2.26. The number of nitrogens with zero attached hydrogens (tertiary/aromatic N) is 1. The van der Waals surface area contributed by atoms with Crippen LogP contribution in [0.3, 0.4) is 0 Å². The average Bonchev–Trinajstić information content (AvgIpc) is 2.84. The van der Waals surface area contributed by atoms with Gasteiger partial charge in [0.15, 0.2) is 0 Å². The van der Waals surface area contributed by atoms with Crippen molar-refractivity contribution in [3.63, 3.8) is 0 Å². The number of ether oxygens (including phenoxy) is 1. The first-order valence-electron chi connectivity index (χ1n) is 6.47. The first kappa shape index (κ1) is 16.7. The van der Waals surface area contributed by atoms with E-state index in [2.05, 4.69) is 4.90 Å². The Balaban J connectivity index is 0.00000200. The van der Waals surface area contributed by atoms with Gasteiger partial charge in [-0.15, -0.1) is 12.4 Å². The van der Waals surface area contributed by atoms with E-state index in [1.807, 2.05) is 0 Å². The average molecular weight is 304 g/mol. The van der Waals surface area contributed by atoms with Gasteiger partial charge in [-0.2, -0.15) is 0 Å². The summed E-state index contributed by atoms with van der Waals surface area (Å²) in [5.41, 5.74) is 0.253. The highest BCUT2D eigenvalue weighted by Crippen LogP contribution is 2.19. The highest BCUT2D eigenvalue weighted by atomic mass is 35.5. The van der Waals surface area contributed by atoms with Crippen molar-refractivity contribution in [2.45, 2.75) is 18.9 Å². The van der Waals surface area contributed by atoms with E-state index in [0.29, 0.717) is 12.2 Å². The molecule has 0 saturated carbocycles. The maximum Gasteiger partial charge on any atom is 0.335 e. The highest BCUT2D eigenvalue weighted by molar-refractivity contribution is 5.87. The van der Waals surface area contributed by atoms with Crippen molar-refractivity contribution in [3.8, 4) is 5.75 Å². The maximum absolute atomic E-state index is 12.1. The van der Waals surface area contributed by atoms with Gasteiger partial charge in [-0.25, -0.2) is 4.79 Å². The lowest BCUT2D eigenvalue weighted by Gasteiger charge is -2.16. The number of alkyl halides is 1. The number of carboxylic acids is 1. The summed E-state index contributed by atoms with van der Waals surface area (Å²) in [6.45, 7) is 2.23. The highest BCUT2D eigenvalue weighted by Gasteiger charge is 2.23. The Hall–Kier alpha value is -1.33. The second-order valence-electron chi connectivity index (χ2n) is 4.70. The van der Waals surface area contributed by atoms with Crippen LogP contribution in [0.15, 0.2) is 24.3 Å². The largest absolute Gasteiger partial charge is 0.489 e. The van der Waals surface area contributed by atoms with Crippen molar-refractivity contribution in [1.82, 2.24) is 4.90 Å². The van der Waals surface area contributed by atoms with Crippen LogP contribution in [-0.2, 0) is 0 Å². The molecule has 1 fully saturated rings. The molecular formula is C14H19ClFNO3. The van der Waals surface area contributed by atoms with E-state index in [9.17, 15) is 9.18 Å². The van der Waals surface area contributed by atoms with Crippen LogP contribution < -0.4 is 4.74 Å². The van der Waals surface area contributed by atoms with E-state index in [1.165, 1.54) is 12.1 Å². The molecule has 0 aromatic heterocycles. The minimum absolute atomic E-state index is 0. The standard InChI is InChI=1S/C14H18FNO3.ClH/c15-7-1-8-16-9-6-13(10-16)19-12-4-2-11(3-5-12)14(17)18;/h2-5,13H,1,6-10H2,(H,17,18);1H/t13-;/m0./s1. The summed E-state index contributed by atoms with van der Waals surface area (Å²) < 4.78 is 17.9. The van der Waals surface area contributed by atoms with Crippen LogP contribution in [0.4, 0.5) is 4.39 Å². The van der Waals surface area contributed by atoms with Gasteiger partial charge in [-0.3, -0.25) is 9.29 Å². The van der Waals surface area contributed by atoms with Crippen molar-refractivity contribution in [2.24, 2.45) is 0 Å². The summed E-state index contributed by atoms with van der Waals surface area (Å²) >= 11 is 0. The molecule has 1 atom stereocenters. The van der Waals surface area contributed by atoms with Gasteiger partial charge in [-0.05, 0) is 37.1 Å². The number of aromatic carboxylic acids is 1. The molecule has 1 aliphatic heterocycles. The van der Waals surface area contributed by atoms with Gasteiger partial charge in [-0.1, -0.05) is 0 Å². The fraction of sp³-hybridized carbons (Fsp3) is 0.500. The molecule has 1 heterocycles. The second kappa shape index (κ2) is 8.07. The quantitative estimate of drug-likeness (QED) is 0.877. The molecule has 1 aromatic rings. The van der Waals surface area contributed by atoms with Gasteiger partial charge < -0.3 is 9.84 Å². The summed E-state index contributed by atoms with van der Waals surface area (Å²) in [6, 6.07) is 6.42. The molecule has 4 nitrogen and oxygen atoms in total. The number of likely N-dealkylation sites (tertiary alicyclic amines) is 1. The van der Waals surface area contributed by atoms with Crippen molar-refractivity contribution < 1.29 is 19.0 Å². The van der Waals surface area contributed by atoms with Gasteiger partial charge in [0.2, 0.25) is 0 Å². The van der Waals surface area contributed by atoms with Crippen molar-refractivity contribution in [3.05, 3.63) is 29.8 Å². The number of carbonyl (C=O) groups is 1. The Labute approximate surface area is 123 Å². The Kier molecular flexibility index (Phi) is 6.75. The van der Waals surface area contributed by atoms with Crippen molar-refractivity contribution in [1.29, 1.82) is 0 Å². The van der Waals surface area contributed by atoms with Gasteiger partial charge >= 0.3 is 5.97 Å². The number of hydrogen-bond acceptors (Lipinski definition) is 3. The van der Waals surface area contributed by atoms with Gasteiger partial charge in [0.1, 0.15) is 11.9 Å². The molecule has 1 N–H and O–H groups in total. The third-order valence-electron chi connectivity index (χ3n) is 3.24. The Morgan fingerprint density at radius 2 is 2.10 bits per heavy atom. The number of hydrogen-bond donors (Lipinski definition) is 1. The van der Waals surface area contributed by atoms with Crippen LogP contribution in [0.2, 0.25) is 0 Å². The van der Waals surface area contributed by atoms with Crippen LogP contribution in [0.25, 0.3) is 0 Å². The zero-order chi connectivity index (χ0) is 13.7. The fourth-order valence-corrected chi connectivity index (χ4v) is 2.25. The smallest absolute Gasteiger partial charge is 0.335 e. The van der Waals surface area contributed by atoms with Crippen LogP contribution in [0, 0.1) is 0 Å². The number of rotatable bonds is 6. The molecular weight excluding hydrogens is 285 g/mol. The van der Waals surface area contributed by atoms with E-state index in [0.717, 1.165) is 26.1 Å². The molecule has 2 rings (SSSR count).